The quantitative estimate of drug-likeness (QED) is 0.506. The van der Waals surface area contributed by atoms with E-state index in [1.807, 2.05) is 30.3 Å². The monoisotopic (exact) mass is 453 g/mol. The van der Waals surface area contributed by atoms with Crippen molar-refractivity contribution in [3.63, 3.8) is 0 Å². The standard InChI is InChI=1S/C23H17BrFNO3/c1-28-21-12-14(10-17-16-7-3-5-9-20(16)26-23(17)27)11-18(24)22(21)29-13-15-6-2-4-8-19(15)25/h2-12H,13H2,1H3,(H,26,27)/b17-10-. The van der Waals surface area contributed by atoms with Crippen LogP contribution in [-0.2, 0) is 11.4 Å². The minimum absolute atomic E-state index is 0.0673. The second-order valence-electron chi connectivity index (χ2n) is 6.47. The molecule has 0 aliphatic carbocycles. The summed E-state index contributed by atoms with van der Waals surface area (Å²) >= 11 is 3.50. The van der Waals surface area contributed by atoms with Gasteiger partial charge in [0.2, 0.25) is 0 Å². The van der Waals surface area contributed by atoms with Crippen LogP contribution < -0.4 is 14.8 Å². The average molecular weight is 454 g/mol. The molecular weight excluding hydrogens is 437 g/mol. The maximum absolute atomic E-state index is 13.9. The molecule has 3 aromatic rings. The second kappa shape index (κ2) is 8.09. The zero-order valence-corrected chi connectivity index (χ0v) is 17.1. The summed E-state index contributed by atoms with van der Waals surface area (Å²) in [5, 5.41) is 2.86. The fourth-order valence-electron chi connectivity index (χ4n) is 3.18. The van der Waals surface area contributed by atoms with Crippen LogP contribution in [-0.4, -0.2) is 13.0 Å². The van der Waals surface area contributed by atoms with Crippen molar-refractivity contribution in [1.82, 2.24) is 0 Å². The van der Waals surface area contributed by atoms with Crippen LogP contribution in [0.5, 0.6) is 11.5 Å². The minimum atomic E-state index is -0.324. The molecule has 1 heterocycles. The highest BCUT2D eigenvalue weighted by Crippen LogP contribution is 2.39. The Morgan fingerprint density at radius 3 is 2.66 bits per heavy atom. The number of nitrogens with one attached hydrogen (secondary N) is 1. The summed E-state index contributed by atoms with van der Waals surface area (Å²) < 4.78 is 25.8. The molecule has 0 radical (unpaired) electrons. The van der Waals surface area contributed by atoms with Gasteiger partial charge in [0.25, 0.3) is 5.91 Å². The molecule has 0 fully saturated rings. The highest BCUT2D eigenvalue weighted by atomic mass is 79.9. The number of para-hydroxylation sites is 1. The molecule has 0 bridgehead atoms. The molecule has 1 amide bonds. The number of hydrogen-bond donors (Lipinski definition) is 1. The Balaban J connectivity index is 1.65. The van der Waals surface area contributed by atoms with Gasteiger partial charge < -0.3 is 14.8 Å². The van der Waals surface area contributed by atoms with Gasteiger partial charge in [-0.3, -0.25) is 4.79 Å². The Morgan fingerprint density at radius 1 is 1.10 bits per heavy atom. The SMILES string of the molecule is COc1cc(/C=C2\C(=O)Nc3ccccc32)cc(Br)c1OCc1ccccc1F. The van der Waals surface area contributed by atoms with E-state index in [-0.39, 0.29) is 18.3 Å². The van der Waals surface area contributed by atoms with Crippen molar-refractivity contribution in [3.8, 4) is 11.5 Å². The average Bonchev–Trinajstić information content (AvgIpc) is 3.03. The van der Waals surface area contributed by atoms with E-state index in [1.54, 1.807) is 30.3 Å². The molecule has 0 saturated carbocycles. The Kier molecular flexibility index (Phi) is 5.36. The van der Waals surface area contributed by atoms with Gasteiger partial charge in [0.05, 0.1) is 11.6 Å². The molecule has 1 N–H and O–H groups in total. The van der Waals surface area contributed by atoms with Crippen molar-refractivity contribution in [2.24, 2.45) is 0 Å². The van der Waals surface area contributed by atoms with Crippen molar-refractivity contribution in [3.05, 3.63) is 87.6 Å². The lowest BCUT2D eigenvalue weighted by atomic mass is 10.0. The number of rotatable bonds is 5. The highest BCUT2D eigenvalue weighted by molar-refractivity contribution is 9.10. The molecule has 0 atom stereocenters. The third-order valence-electron chi connectivity index (χ3n) is 4.60. The molecule has 146 valence electrons. The van der Waals surface area contributed by atoms with E-state index in [2.05, 4.69) is 21.2 Å². The number of fused-ring (bicyclic) bond motifs is 1. The molecule has 3 aromatic carbocycles. The van der Waals surface area contributed by atoms with Gasteiger partial charge in [-0.15, -0.1) is 0 Å². The van der Waals surface area contributed by atoms with E-state index in [1.165, 1.54) is 13.2 Å². The van der Waals surface area contributed by atoms with E-state index in [0.29, 0.717) is 27.1 Å². The summed E-state index contributed by atoms with van der Waals surface area (Å²) in [6.45, 7) is 0.0673. The van der Waals surface area contributed by atoms with Crippen molar-refractivity contribution in [2.45, 2.75) is 6.61 Å². The smallest absolute Gasteiger partial charge is 0.256 e. The van der Waals surface area contributed by atoms with E-state index < -0.39 is 0 Å². The molecule has 29 heavy (non-hydrogen) atoms. The number of carbonyl (C=O) groups excluding carboxylic acids is 1. The molecule has 1 aliphatic rings. The van der Waals surface area contributed by atoms with Crippen molar-refractivity contribution >= 4 is 39.2 Å². The second-order valence-corrected chi connectivity index (χ2v) is 7.33. The first-order chi connectivity index (χ1) is 14.1. The van der Waals surface area contributed by atoms with E-state index in [9.17, 15) is 9.18 Å². The van der Waals surface area contributed by atoms with Gasteiger partial charge in [-0.1, -0.05) is 36.4 Å². The normalized spacial score (nSPS) is 13.9. The van der Waals surface area contributed by atoms with Gasteiger partial charge in [-0.2, -0.15) is 0 Å². The molecule has 4 nitrogen and oxygen atoms in total. The lowest BCUT2D eigenvalue weighted by molar-refractivity contribution is -0.110. The first kappa shape index (κ1) is 19.2. The van der Waals surface area contributed by atoms with E-state index in [0.717, 1.165) is 16.8 Å². The molecule has 1 aliphatic heterocycles. The highest BCUT2D eigenvalue weighted by Gasteiger charge is 2.23. The first-order valence-corrected chi connectivity index (χ1v) is 9.72. The van der Waals surface area contributed by atoms with Crippen molar-refractivity contribution in [2.75, 3.05) is 12.4 Å². The number of anilines is 1. The summed E-state index contributed by atoms with van der Waals surface area (Å²) in [7, 11) is 1.53. The Hall–Kier alpha value is -3.12. The van der Waals surface area contributed by atoms with Crippen LogP contribution in [0.25, 0.3) is 11.6 Å². The van der Waals surface area contributed by atoms with Gasteiger partial charge >= 0.3 is 0 Å². The number of benzene rings is 3. The zero-order chi connectivity index (χ0) is 20.4. The van der Waals surface area contributed by atoms with Crippen molar-refractivity contribution in [1.29, 1.82) is 0 Å². The fourth-order valence-corrected chi connectivity index (χ4v) is 3.75. The van der Waals surface area contributed by atoms with Crippen LogP contribution in [0.15, 0.2) is 65.1 Å². The van der Waals surface area contributed by atoms with Crippen LogP contribution >= 0.6 is 15.9 Å². The molecule has 0 saturated heterocycles. The van der Waals surface area contributed by atoms with Crippen LogP contribution in [0.3, 0.4) is 0 Å². The lowest BCUT2D eigenvalue weighted by Crippen LogP contribution is -2.03. The number of ether oxygens (including phenoxy) is 2. The Bertz CT molecular complexity index is 1130. The molecular formula is C23H17BrFNO3. The van der Waals surface area contributed by atoms with Crippen molar-refractivity contribution < 1.29 is 18.7 Å². The lowest BCUT2D eigenvalue weighted by Gasteiger charge is -2.14. The molecule has 4 rings (SSSR count). The largest absolute Gasteiger partial charge is 0.493 e. The maximum atomic E-state index is 13.9. The molecule has 0 unspecified atom stereocenters. The molecule has 0 spiro atoms. The van der Waals surface area contributed by atoms with Crippen LogP contribution in [0.4, 0.5) is 10.1 Å². The maximum Gasteiger partial charge on any atom is 0.256 e. The number of hydrogen-bond acceptors (Lipinski definition) is 3. The summed E-state index contributed by atoms with van der Waals surface area (Å²) in [6, 6.07) is 17.6. The summed E-state index contributed by atoms with van der Waals surface area (Å²) in [6.07, 6.45) is 1.80. The first-order valence-electron chi connectivity index (χ1n) is 8.93. The fraction of sp³-hybridized carbons (Fsp3) is 0.0870. The van der Waals surface area contributed by atoms with Gasteiger partial charge in [-0.05, 0) is 51.8 Å². The van der Waals surface area contributed by atoms with Gasteiger partial charge in [0.15, 0.2) is 11.5 Å². The minimum Gasteiger partial charge on any atom is -0.493 e. The molecule has 0 aromatic heterocycles. The summed E-state index contributed by atoms with van der Waals surface area (Å²) in [5.74, 6) is 0.472. The number of carbonyl (C=O) groups is 1. The van der Waals surface area contributed by atoms with Crippen LogP contribution in [0.1, 0.15) is 16.7 Å². The zero-order valence-electron chi connectivity index (χ0n) is 15.5. The third kappa shape index (κ3) is 3.89. The van der Waals surface area contributed by atoms with E-state index >= 15 is 0 Å². The number of halogens is 2. The van der Waals surface area contributed by atoms with E-state index in [4.69, 9.17) is 9.47 Å². The Labute approximate surface area is 176 Å². The molecule has 6 heteroatoms. The predicted octanol–water partition coefficient (Wildman–Crippen LogP) is 5.67. The Morgan fingerprint density at radius 2 is 1.86 bits per heavy atom. The van der Waals surface area contributed by atoms with Crippen LogP contribution in [0, 0.1) is 5.82 Å². The third-order valence-corrected chi connectivity index (χ3v) is 5.19. The summed E-state index contributed by atoms with van der Waals surface area (Å²) in [5.41, 5.74) is 3.45. The number of methoxy groups -OCH3 is 1. The topological polar surface area (TPSA) is 47.6 Å². The van der Waals surface area contributed by atoms with Gasteiger partial charge in [-0.25, -0.2) is 4.39 Å². The summed E-state index contributed by atoms with van der Waals surface area (Å²) in [4.78, 5) is 12.4. The van der Waals surface area contributed by atoms with Crippen LogP contribution in [0.2, 0.25) is 0 Å². The number of amides is 1. The van der Waals surface area contributed by atoms with Gasteiger partial charge in [0, 0.05) is 22.4 Å². The van der Waals surface area contributed by atoms with Gasteiger partial charge in [0.1, 0.15) is 12.4 Å². The predicted molar refractivity (Wildman–Crippen MR) is 114 cm³/mol.